The number of nitrogens with zero attached hydrogens (tertiary/aromatic N) is 2. The molecule has 3 heterocycles. The summed E-state index contributed by atoms with van der Waals surface area (Å²) >= 11 is 7.61. The third-order valence-electron chi connectivity index (χ3n) is 4.30. The van der Waals surface area contributed by atoms with Gasteiger partial charge in [0.15, 0.2) is 0 Å². The van der Waals surface area contributed by atoms with Crippen molar-refractivity contribution >= 4 is 28.8 Å². The predicted molar refractivity (Wildman–Crippen MR) is 86.8 cm³/mol. The lowest BCUT2D eigenvalue weighted by Crippen LogP contribution is -2.54. The van der Waals surface area contributed by atoms with Gasteiger partial charge in [-0.1, -0.05) is 18.0 Å². The van der Waals surface area contributed by atoms with Crippen LogP contribution in [0.3, 0.4) is 0 Å². The molecule has 0 aromatic carbocycles. The summed E-state index contributed by atoms with van der Waals surface area (Å²) in [5.41, 5.74) is 0. The first-order chi connectivity index (χ1) is 10.2. The van der Waals surface area contributed by atoms with Gasteiger partial charge in [0, 0.05) is 37.6 Å². The van der Waals surface area contributed by atoms with Crippen molar-refractivity contribution in [2.24, 2.45) is 0 Å². The van der Waals surface area contributed by atoms with Crippen LogP contribution in [0, 0.1) is 0 Å². The summed E-state index contributed by atoms with van der Waals surface area (Å²) in [5, 5.41) is 3.35. The lowest BCUT2D eigenvalue weighted by Gasteiger charge is -2.37. The second kappa shape index (κ2) is 7.09. The molecule has 1 amide bonds. The van der Waals surface area contributed by atoms with Crippen molar-refractivity contribution in [2.45, 2.75) is 31.8 Å². The van der Waals surface area contributed by atoms with Crippen molar-refractivity contribution in [3.63, 3.8) is 0 Å². The van der Waals surface area contributed by atoms with Crippen LogP contribution in [-0.4, -0.2) is 54.5 Å². The number of carbonyl (C=O) groups excluding carboxylic acids is 1. The predicted octanol–water partition coefficient (Wildman–Crippen LogP) is 2.19. The van der Waals surface area contributed by atoms with Crippen LogP contribution in [-0.2, 0) is 11.3 Å². The van der Waals surface area contributed by atoms with Crippen molar-refractivity contribution < 1.29 is 4.79 Å². The molecule has 116 valence electrons. The van der Waals surface area contributed by atoms with Crippen LogP contribution in [0.15, 0.2) is 12.1 Å². The quantitative estimate of drug-likeness (QED) is 0.924. The molecule has 0 spiro atoms. The monoisotopic (exact) mass is 327 g/mol. The Morgan fingerprint density at radius 2 is 2.10 bits per heavy atom. The van der Waals surface area contributed by atoms with Gasteiger partial charge in [0.2, 0.25) is 5.91 Å². The van der Waals surface area contributed by atoms with E-state index >= 15 is 0 Å². The number of hydrogen-bond donors (Lipinski definition) is 1. The Hall–Kier alpha value is -0.620. The summed E-state index contributed by atoms with van der Waals surface area (Å²) < 4.78 is 0.849. The molecule has 0 bridgehead atoms. The normalized spacial score (nSPS) is 24.2. The van der Waals surface area contributed by atoms with E-state index in [-0.39, 0.29) is 6.04 Å². The summed E-state index contributed by atoms with van der Waals surface area (Å²) in [4.78, 5) is 18.2. The average Bonchev–Trinajstić information content (AvgIpc) is 2.93. The zero-order valence-electron chi connectivity index (χ0n) is 12.2. The van der Waals surface area contributed by atoms with E-state index < -0.39 is 0 Å². The van der Waals surface area contributed by atoms with E-state index in [2.05, 4.69) is 16.3 Å². The number of amides is 1. The Morgan fingerprint density at radius 3 is 2.71 bits per heavy atom. The first-order valence-corrected chi connectivity index (χ1v) is 8.90. The minimum Gasteiger partial charge on any atom is -0.339 e. The van der Waals surface area contributed by atoms with Crippen LogP contribution in [0.5, 0.6) is 0 Å². The molecule has 0 unspecified atom stereocenters. The molecule has 3 rings (SSSR count). The maximum atomic E-state index is 12.5. The van der Waals surface area contributed by atoms with Gasteiger partial charge in [-0.25, -0.2) is 0 Å². The molecule has 2 aliphatic heterocycles. The first kappa shape index (κ1) is 15.3. The van der Waals surface area contributed by atoms with Crippen molar-refractivity contribution in [1.29, 1.82) is 0 Å². The highest BCUT2D eigenvalue weighted by Crippen LogP contribution is 2.23. The summed E-state index contributed by atoms with van der Waals surface area (Å²) in [5.74, 6) is 0.300. The molecule has 2 saturated heterocycles. The Morgan fingerprint density at radius 1 is 1.29 bits per heavy atom. The van der Waals surface area contributed by atoms with Gasteiger partial charge < -0.3 is 10.2 Å². The van der Waals surface area contributed by atoms with Gasteiger partial charge in [-0.2, -0.15) is 0 Å². The van der Waals surface area contributed by atoms with Gasteiger partial charge in [0.25, 0.3) is 0 Å². The van der Waals surface area contributed by atoms with Crippen molar-refractivity contribution in [3.8, 4) is 0 Å². The number of carbonyl (C=O) groups is 1. The molecule has 1 aromatic rings. The number of thiophene rings is 1. The Bertz CT molecular complexity index is 479. The summed E-state index contributed by atoms with van der Waals surface area (Å²) in [7, 11) is 0. The number of piperidine rings is 1. The highest BCUT2D eigenvalue weighted by Gasteiger charge is 2.28. The SMILES string of the molecule is O=C([C@H]1CCCCN1)N1CCN(Cc2ccc(Cl)s2)CC1. The zero-order chi connectivity index (χ0) is 14.7. The first-order valence-electron chi connectivity index (χ1n) is 7.71. The lowest BCUT2D eigenvalue weighted by molar-refractivity contribution is -0.135. The highest BCUT2D eigenvalue weighted by molar-refractivity contribution is 7.16. The fraction of sp³-hybridized carbons (Fsp3) is 0.667. The van der Waals surface area contributed by atoms with Crippen molar-refractivity contribution in [1.82, 2.24) is 15.1 Å². The molecule has 21 heavy (non-hydrogen) atoms. The average molecular weight is 328 g/mol. The number of halogens is 1. The molecular weight excluding hydrogens is 306 g/mol. The van der Waals surface area contributed by atoms with Crippen LogP contribution in [0.2, 0.25) is 4.34 Å². The lowest BCUT2D eigenvalue weighted by atomic mass is 10.0. The Balaban J connectivity index is 1.47. The van der Waals surface area contributed by atoms with E-state index in [1.54, 1.807) is 11.3 Å². The van der Waals surface area contributed by atoms with Gasteiger partial charge in [0.05, 0.1) is 10.4 Å². The minimum atomic E-state index is 0.0569. The van der Waals surface area contributed by atoms with E-state index in [0.717, 1.165) is 50.0 Å². The van der Waals surface area contributed by atoms with Crippen LogP contribution < -0.4 is 5.32 Å². The number of piperazine rings is 1. The van der Waals surface area contributed by atoms with Gasteiger partial charge in [-0.15, -0.1) is 11.3 Å². The van der Waals surface area contributed by atoms with Crippen molar-refractivity contribution in [3.05, 3.63) is 21.3 Å². The van der Waals surface area contributed by atoms with E-state index in [9.17, 15) is 4.79 Å². The number of hydrogen-bond acceptors (Lipinski definition) is 4. The number of nitrogens with one attached hydrogen (secondary N) is 1. The van der Waals surface area contributed by atoms with Crippen LogP contribution in [0.1, 0.15) is 24.1 Å². The Labute approximate surface area is 135 Å². The molecule has 6 heteroatoms. The molecule has 1 atom stereocenters. The third-order valence-corrected chi connectivity index (χ3v) is 5.52. The summed E-state index contributed by atoms with van der Waals surface area (Å²) in [6.45, 7) is 5.52. The van der Waals surface area contributed by atoms with Gasteiger partial charge in [0.1, 0.15) is 0 Å². The van der Waals surface area contributed by atoms with Gasteiger partial charge in [-0.3, -0.25) is 9.69 Å². The third kappa shape index (κ3) is 3.97. The van der Waals surface area contributed by atoms with E-state index in [1.807, 2.05) is 11.0 Å². The molecule has 1 aromatic heterocycles. The summed E-state index contributed by atoms with van der Waals surface area (Å²) in [6.07, 6.45) is 3.36. The molecule has 2 fully saturated rings. The zero-order valence-corrected chi connectivity index (χ0v) is 13.8. The second-order valence-corrected chi connectivity index (χ2v) is 7.61. The maximum absolute atomic E-state index is 12.5. The molecule has 2 aliphatic rings. The molecule has 4 nitrogen and oxygen atoms in total. The topological polar surface area (TPSA) is 35.6 Å². The van der Waals surface area contributed by atoms with Crippen LogP contribution in [0.25, 0.3) is 0 Å². The maximum Gasteiger partial charge on any atom is 0.239 e. The van der Waals surface area contributed by atoms with Crippen LogP contribution in [0.4, 0.5) is 0 Å². The smallest absolute Gasteiger partial charge is 0.239 e. The highest BCUT2D eigenvalue weighted by atomic mass is 35.5. The second-order valence-electron chi connectivity index (χ2n) is 5.81. The molecule has 0 aliphatic carbocycles. The Kier molecular flexibility index (Phi) is 5.16. The standard InChI is InChI=1S/C15H22ClN3OS/c16-14-5-4-12(21-14)11-18-7-9-19(10-8-18)15(20)13-3-1-2-6-17-13/h4-5,13,17H,1-3,6-11H2/t13-/m1/s1. The number of rotatable bonds is 3. The van der Waals surface area contributed by atoms with E-state index in [0.29, 0.717) is 5.91 Å². The molecule has 0 saturated carbocycles. The molecule has 1 N–H and O–H groups in total. The molecular formula is C15H22ClN3OS. The minimum absolute atomic E-state index is 0.0569. The van der Waals surface area contributed by atoms with Gasteiger partial charge >= 0.3 is 0 Å². The van der Waals surface area contributed by atoms with Crippen molar-refractivity contribution in [2.75, 3.05) is 32.7 Å². The van der Waals surface area contributed by atoms with E-state index in [1.165, 1.54) is 17.7 Å². The van der Waals surface area contributed by atoms with Crippen LogP contribution >= 0.6 is 22.9 Å². The van der Waals surface area contributed by atoms with E-state index in [4.69, 9.17) is 11.6 Å². The summed E-state index contributed by atoms with van der Waals surface area (Å²) in [6, 6.07) is 4.11. The largest absolute Gasteiger partial charge is 0.339 e. The fourth-order valence-corrected chi connectivity index (χ4v) is 4.20. The molecule has 0 radical (unpaired) electrons. The van der Waals surface area contributed by atoms with Gasteiger partial charge in [-0.05, 0) is 31.5 Å². The fourth-order valence-electron chi connectivity index (χ4n) is 3.07.